The molecule has 112 valence electrons. The number of para-hydroxylation sites is 1. The normalized spacial score (nSPS) is 16.4. The number of nitrogens with zero attached hydrogens (tertiary/aromatic N) is 3. The van der Waals surface area contributed by atoms with Gasteiger partial charge in [0, 0.05) is 37.7 Å². The highest BCUT2D eigenvalue weighted by Gasteiger charge is 2.13. The molecule has 0 atom stereocenters. The van der Waals surface area contributed by atoms with Crippen LogP contribution in [0, 0.1) is 0 Å². The fraction of sp³-hybridized carbons (Fsp3) is 0.467. The van der Waals surface area contributed by atoms with E-state index in [1.807, 2.05) is 36.0 Å². The number of fused-ring (bicyclic) bond motifs is 1. The Balaban J connectivity index is 1.89. The van der Waals surface area contributed by atoms with Crippen LogP contribution in [-0.4, -0.2) is 45.6 Å². The summed E-state index contributed by atoms with van der Waals surface area (Å²) in [4.78, 5) is 19.5. The molecule has 0 saturated carbocycles. The predicted octanol–water partition coefficient (Wildman–Crippen LogP) is 2.18. The lowest BCUT2D eigenvalue weighted by atomic mass is 10.2. The van der Waals surface area contributed by atoms with Gasteiger partial charge in [0.25, 0.3) is 5.56 Å². The minimum absolute atomic E-state index is 0.0163. The van der Waals surface area contributed by atoms with E-state index in [1.54, 1.807) is 4.57 Å². The average Bonchev–Trinajstić information content (AvgIpc) is 2.55. The van der Waals surface area contributed by atoms with E-state index in [0.29, 0.717) is 17.8 Å². The molecule has 2 aromatic rings. The molecule has 3 rings (SSSR count). The van der Waals surface area contributed by atoms with Crippen molar-refractivity contribution in [2.45, 2.75) is 12.4 Å². The molecule has 6 heteroatoms. The van der Waals surface area contributed by atoms with E-state index in [9.17, 15) is 4.79 Å². The maximum absolute atomic E-state index is 12.6. The van der Waals surface area contributed by atoms with Crippen molar-refractivity contribution in [2.75, 3.05) is 31.1 Å². The van der Waals surface area contributed by atoms with Gasteiger partial charge in [0.1, 0.15) is 5.82 Å². The van der Waals surface area contributed by atoms with Crippen LogP contribution in [0.1, 0.15) is 5.82 Å². The van der Waals surface area contributed by atoms with Crippen molar-refractivity contribution in [3.8, 4) is 0 Å². The smallest absolute Gasteiger partial charge is 0.261 e. The predicted molar refractivity (Wildman–Crippen MR) is 89.3 cm³/mol. The van der Waals surface area contributed by atoms with Crippen molar-refractivity contribution in [3.63, 3.8) is 0 Å². The van der Waals surface area contributed by atoms with Gasteiger partial charge in [-0.2, -0.15) is 11.8 Å². The van der Waals surface area contributed by atoms with Crippen LogP contribution in [0.25, 0.3) is 10.9 Å². The summed E-state index contributed by atoms with van der Waals surface area (Å²) in [5.74, 6) is 3.27. The lowest BCUT2D eigenvalue weighted by Gasteiger charge is -2.26. The van der Waals surface area contributed by atoms with Crippen molar-refractivity contribution in [3.05, 3.63) is 40.4 Å². The maximum Gasteiger partial charge on any atom is 0.261 e. The molecule has 21 heavy (non-hydrogen) atoms. The first-order valence-corrected chi connectivity index (χ1v) is 8.83. The summed E-state index contributed by atoms with van der Waals surface area (Å²) in [7, 11) is 0. The Bertz CT molecular complexity index is 682. The Morgan fingerprint density at radius 1 is 1.19 bits per heavy atom. The number of alkyl halides is 1. The van der Waals surface area contributed by atoms with Gasteiger partial charge in [-0.1, -0.05) is 12.1 Å². The zero-order chi connectivity index (χ0) is 14.7. The van der Waals surface area contributed by atoms with Gasteiger partial charge in [0.2, 0.25) is 0 Å². The van der Waals surface area contributed by atoms with Crippen LogP contribution in [0.4, 0.5) is 0 Å². The van der Waals surface area contributed by atoms with Gasteiger partial charge < -0.3 is 0 Å². The van der Waals surface area contributed by atoms with Crippen LogP contribution < -0.4 is 5.56 Å². The summed E-state index contributed by atoms with van der Waals surface area (Å²) in [6, 6.07) is 7.45. The topological polar surface area (TPSA) is 38.1 Å². The fourth-order valence-electron chi connectivity index (χ4n) is 2.61. The van der Waals surface area contributed by atoms with Gasteiger partial charge in [-0.3, -0.25) is 14.3 Å². The summed E-state index contributed by atoms with van der Waals surface area (Å²) >= 11 is 7.98. The quantitative estimate of drug-likeness (QED) is 0.808. The van der Waals surface area contributed by atoms with Gasteiger partial charge in [-0.05, 0) is 12.1 Å². The second-order valence-electron chi connectivity index (χ2n) is 5.09. The molecule has 1 saturated heterocycles. The van der Waals surface area contributed by atoms with Gasteiger partial charge in [-0.25, -0.2) is 4.98 Å². The second kappa shape index (κ2) is 6.81. The summed E-state index contributed by atoms with van der Waals surface area (Å²) in [6.45, 7) is 3.72. The summed E-state index contributed by atoms with van der Waals surface area (Å²) < 4.78 is 1.73. The standard InChI is InChI=1S/C15H18ClN3OS/c16-11-14-17-13-4-2-1-3-12(13)15(20)19(14)6-5-18-7-9-21-10-8-18/h1-4H,5-11H2. The van der Waals surface area contributed by atoms with Crippen molar-refractivity contribution in [1.82, 2.24) is 14.5 Å². The van der Waals surface area contributed by atoms with E-state index in [2.05, 4.69) is 9.88 Å². The molecule has 0 N–H and O–H groups in total. The Morgan fingerprint density at radius 2 is 1.95 bits per heavy atom. The summed E-state index contributed by atoms with van der Waals surface area (Å²) in [5.41, 5.74) is 0.742. The molecular formula is C15H18ClN3OS. The first kappa shape index (κ1) is 14.9. The molecule has 1 aromatic carbocycles. The Hall–Kier alpha value is -1.04. The molecule has 0 spiro atoms. The Kier molecular flexibility index (Phi) is 4.83. The first-order chi connectivity index (χ1) is 10.3. The SMILES string of the molecule is O=c1c2ccccc2nc(CCl)n1CCN1CCSCC1. The highest BCUT2D eigenvalue weighted by molar-refractivity contribution is 7.99. The Labute approximate surface area is 133 Å². The molecule has 1 fully saturated rings. The third-order valence-corrected chi connectivity index (χ3v) is 4.99. The van der Waals surface area contributed by atoms with Crippen molar-refractivity contribution in [2.24, 2.45) is 0 Å². The molecule has 1 aliphatic rings. The third kappa shape index (κ3) is 3.25. The van der Waals surface area contributed by atoms with Gasteiger partial charge in [0.05, 0.1) is 16.8 Å². The van der Waals surface area contributed by atoms with Gasteiger partial charge >= 0.3 is 0 Å². The van der Waals surface area contributed by atoms with Gasteiger partial charge in [0.15, 0.2) is 0 Å². The van der Waals surface area contributed by atoms with Crippen LogP contribution >= 0.6 is 23.4 Å². The van der Waals surface area contributed by atoms with E-state index < -0.39 is 0 Å². The first-order valence-electron chi connectivity index (χ1n) is 7.14. The lowest BCUT2D eigenvalue weighted by molar-refractivity contribution is 0.286. The van der Waals surface area contributed by atoms with Crippen molar-refractivity contribution < 1.29 is 0 Å². The highest BCUT2D eigenvalue weighted by Crippen LogP contribution is 2.11. The zero-order valence-electron chi connectivity index (χ0n) is 11.8. The number of hydrogen-bond donors (Lipinski definition) is 0. The lowest BCUT2D eigenvalue weighted by Crippen LogP contribution is -2.37. The fourth-order valence-corrected chi connectivity index (χ4v) is 3.80. The van der Waals surface area contributed by atoms with Crippen LogP contribution in [0.5, 0.6) is 0 Å². The monoisotopic (exact) mass is 323 g/mol. The molecule has 0 aliphatic carbocycles. The van der Waals surface area contributed by atoms with Crippen LogP contribution in [0.2, 0.25) is 0 Å². The van der Waals surface area contributed by atoms with E-state index >= 15 is 0 Å². The number of thioether (sulfide) groups is 1. The van der Waals surface area contributed by atoms with E-state index in [1.165, 1.54) is 11.5 Å². The number of aromatic nitrogens is 2. The van der Waals surface area contributed by atoms with Crippen LogP contribution in [0.3, 0.4) is 0 Å². The molecule has 0 amide bonds. The van der Waals surface area contributed by atoms with Crippen molar-refractivity contribution in [1.29, 1.82) is 0 Å². The largest absolute Gasteiger partial charge is 0.300 e. The number of benzene rings is 1. The molecule has 0 bridgehead atoms. The maximum atomic E-state index is 12.6. The molecule has 1 aromatic heterocycles. The van der Waals surface area contributed by atoms with Gasteiger partial charge in [-0.15, -0.1) is 11.6 Å². The van der Waals surface area contributed by atoms with Crippen LogP contribution in [-0.2, 0) is 12.4 Å². The Morgan fingerprint density at radius 3 is 2.71 bits per heavy atom. The van der Waals surface area contributed by atoms with Crippen molar-refractivity contribution >= 4 is 34.3 Å². The molecular weight excluding hydrogens is 306 g/mol. The van der Waals surface area contributed by atoms with E-state index in [-0.39, 0.29) is 11.4 Å². The molecule has 0 radical (unpaired) electrons. The van der Waals surface area contributed by atoms with E-state index in [4.69, 9.17) is 11.6 Å². The van der Waals surface area contributed by atoms with Crippen LogP contribution in [0.15, 0.2) is 29.1 Å². The average molecular weight is 324 g/mol. The minimum Gasteiger partial charge on any atom is -0.300 e. The number of rotatable bonds is 4. The number of halogens is 1. The second-order valence-corrected chi connectivity index (χ2v) is 6.58. The zero-order valence-corrected chi connectivity index (χ0v) is 13.4. The molecule has 0 unspecified atom stereocenters. The molecule has 1 aliphatic heterocycles. The third-order valence-electron chi connectivity index (χ3n) is 3.80. The van der Waals surface area contributed by atoms with E-state index in [0.717, 1.165) is 25.2 Å². The summed E-state index contributed by atoms with van der Waals surface area (Å²) in [6.07, 6.45) is 0. The molecule has 4 nitrogen and oxygen atoms in total. The summed E-state index contributed by atoms with van der Waals surface area (Å²) in [5, 5.41) is 0.667. The molecule has 2 heterocycles. The minimum atomic E-state index is 0.0163. The highest BCUT2D eigenvalue weighted by atomic mass is 35.5. The number of hydrogen-bond acceptors (Lipinski definition) is 4.